The van der Waals surface area contributed by atoms with Crippen molar-refractivity contribution in [1.29, 1.82) is 0 Å². The highest BCUT2D eigenvalue weighted by Gasteiger charge is 2.41. The summed E-state index contributed by atoms with van der Waals surface area (Å²) in [5.74, 6) is 1.86. The number of rotatable bonds is 1. The van der Waals surface area contributed by atoms with Crippen LogP contribution in [0.25, 0.3) is 0 Å². The van der Waals surface area contributed by atoms with Crippen LogP contribution in [0.1, 0.15) is 25.7 Å². The normalized spacial score (nSPS) is 42.3. The third-order valence-corrected chi connectivity index (χ3v) is 3.75. The van der Waals surface area contributed by atoms with E-state index in [-0.39, 0.29) is 0 Å². The molecule has 2 heteroatoms. The summed E-state index contributed by atoms with van der Waals surface area (Å²) in [5.41, 5.74) is 0. The van der Waals surface area contributed by atoms with Crippen molar-refractivity contribution in [2.45, 2.75) is 31.7 Å². The lowest BCUT2D eigenvalue weighted by atomic mass is 10.0. The second kappa shape index (κ2) is 2.60. The highest BCUT2D eigenvalue weighted by atomic mass is 16.2. The van der Waals surface area contributed by atoms with Gasteiger partial charge in [0.1, 0.15) is 0 Å². The molecule has 2 fully saturated rings. The van der Waals surface area contributed by atoms with E-state index < -0.39 is 0 Å². The van der Waals surface area contributed by atoms with Gasteiger partial charge in [0.25, 0.3) is 0 Å². The Bertz CT molecular complexity index is 271. The van der Waals surface area contributed by atoms with Gasteiger partial charge < -0.3 is 4.90 Å². The van der Waals surface area contributed by atoms with Crippen molar-refractivity contribution in [3.8, 4) is 0 Å². The Morgan fingerprint density at radius 3 is 2.77 bits per heavy atom. The number of hydrogen-bond donors (Lipinski definition) is 0. The average molecular weight is 177 g/mol. The van der Waals surface area contributed by atoms with Crippen molar-refractivity contribution in [1.82, 2.24) is 4.90 Å². The SMILES string of the molecule is O=C1CCCN1[C@H]1C[C@@H]2C=C[C@H]1C2. The van der Waals surface area contributed by atoms with Gasteiger partial charge in [-0.3, -0.25) is 4.79 Å². The van der Waals surface area contributed by atoms with Crippen molar-refractivity contribution in [2.24, 2.45) is 11.8 Å². The maximum Gasteiger partial charge on any atom is 0.222 e. The van der Waals surface area contributed by atoms with Gasteiger partial charge in [-0.2, -0.15) is 0 Å². The molecule has 2 aliphatic carbocycles. The lowest BCUT2D eigenvalue weighted by molar-refractivity contribution is -0.130. The number of nitrogens with zero attached hydrogens (tertiary/aromatic N) is 1. The lowest BCUT2D eigenvalue weighted by Gasteiger charge is -2.29. The molecule has 0 radical (unpaired) electrons. The van der Waals surface area contributed by atoms with Gasteiger partial charge >= 0.3 is 0 Å². The van der Waals surface area contributed by atoms with E-state index in [9.17, 15) is 4.79 Å². The predicted molar refractivity (Wildman–Crippen MR) is 50.1 cm³/mol. The van der Waals surface area contributed by atoms with Gasteiger partial charge in [-0.25, -0.2) is 0 Å². The minimum absolute atomic E-state index is 0.394. The van der Waals surface area contributed by atoms with Gasteiger partial charge in [0.2, 0.25) is 5.91 Å². The van der Waals surface area contributed by atoms with Crippen LogP contribution in [-0.4, -0.2) is 23.4 Å². The molecule has 0 spiro atoms. The summed E-state index contributed by atoms with van der Waals surface area (Å²) in [5, 5.41) is 0. The van der Waals surface area contributed by atoms with E-state index in [1.54, 1.807) is 0 Å². The summed E-state index contributed by atoms with van der Waals surface area (Å²) in [4.78, 5) is 13.7. The fourth-order valence-electron chi connectivity index (χ4n) is 3.13. The molecule has 3 aliphatic rings. The molecule has 0 aromatic carbocycles. The van der Waals surface area contributed by atoms with E-state index in [0.29, 0.717) is 17.9 Å². The summed E-state index contributed by atoms with van der Waals surface area (Å²) >= 11 is 0. The molecule has 2 bridgehead atoms. The summed E-state index contributed by atoms with van der Waals surface area (Å²) in [6.45, 7) is 1.01. The maximum absolute atomic E-state index is 11.5. The minimum atomic E-state index is 0.394. The van der Waals surface area contributed by atoms with E-state index in [0.717, 1.165) is 25.3 Å². The molecule has 1 heterocycles. The first-order valence-electron chi connectivity index (χ1n) is 5.32. The third-order valence-electron chi connectivity index (χ3n) is 3.75. The monoisotopic (exact) mass is 177 g/mol. The maximum atomic E-state index is 11.5. The number of carbonyl (C=O) groups is 1. The zero-order valence-electron chi connectivity index (χ0n) is 7.78. The standard InChI is InChI=1S/C11H15NO/c13-11-2-1-5-12(11)10-7-8-3-4-9(10)6-8/h3-4,8-10H,1-2,5-7H2/t8-,9+,10+/m1/s1. The van der Waals surface area contributed by atoms with Gasteiger partial charge in [0.05, 0.1) is 0 Å². The highest BCUT2D eigenvalue weighted by Crippen LogP contribution is 2.42. The lowest BCUT2D eigenvalue weighted by Crippen LogP contribution is -2.38. The summed E-state index contributed by atoms with van der Waals surface area (Å²) in [6, 6.07) is 0.560. The largest absolute Gasteiger partial charge is 0.339 e. The topological polar surface area (TPSA) is 20.3 Å². The van der Waals surface area contributed by atoms with E-state index in [4.69, 9.17) is 0 Å². The van der Waals surface area contributed by atoms with Crippen molar-refractivity contribution < 1.29 is 4.79 Å². The average Bonchev–Trinajstić information content (AvgIpc) is 2.77. The molecule has 1 amide bonds. The molecule has 70 valence electrons. The first kappa shape index (κ1) is 7.60. The van der Waals surface area contributed by atoms with E-state index >= 15 is 0 Å². The van der Waals surface area contributed by atoms with Gasteiger partial charge in [0.15, 0.2) is 0 Å². The Labute approximate surface area is 78.6 Å². The van der Waals surface area contributed by atoms with Gasteiger partial charge in [-0.15, -0.1) is 0 Å². The fraction of sp³-hybridized carbons (Fsp3) is 0.727. The quantitative estimate of drug-likeness (QED) is 0.557. The number of fused-ring (bicyclic) bond motifs is 2. The number of allylic oxidation sites excluding steroid dienone is 1. The van der Waals surface area contributed by atoms with Gasteiger partial charge in [-0.1, -0.05) is 12.2 Å². The molecular formula is C11H15NO. The zero-order valence-corrected chi connectivity index (χ0v) is 7.78. The number of amides is 1. The van der Waals surface area contributed by atoms with Crippen LogP contribution in [0.2, 0.25) is 0 Å². The molecule has 0 unspecified atom stereocenters. The van der Waals surface area contributed by atoms with Crippen LogP contribution in [0.3, 0.4) is 0 Å². The Morgan fingerprint density at radius 1 is 1.31 bits per heavy atom. The second-order valence-corrected chi connectivity index (χ2v) is 4.54. The Balaban J connectivity index is 1.79. The molecule has 1 aliphatic heterocycles. The first-order chi connectivity index (χ1) is 6.34. The molecule has 3 rings (SSSR count). The molecule has 0 aromatic rings. The van der Waals surface area contributed by atoms with Crippen molar-refractivity contribution in [2.75, 3.05) is 6.54 Å². The first-order valence-corrected chi connectivity index (χ1v) is 5.32. The Hall–Kier alpha value is -0.790. The Kier molecular flexibility index (Phi) is 1.52. The van der Waals surface area contributed by atoms with Gasteiger partial charge in [0, 0.05) is 19.0 Å². The summed E-state index contributed by atoms with van der Waals surface area (Å²) < 4.78 is 0. The van der Waals surface area contributed by atoms with Crippen LogP contribution in [-0.2, 0) is 4.79 Å². The van der Waals surface area contributed by atoms with Crippen LogP contribution in [0.5, 0.6) is 0 Å². The van der Waals surface area contributed by atoms with Crippen LogP contribution in [0.4, 0.5) is 0 Å². The number of carbonyl (C=O) groups excluding carboxylic acids is 1. The van der Waals surface area contributed by atoms with E-state index in [1.807, 2.05) is 0 Å². The molecule has 2 nitrogen and oxygen atoms in total. The molecule has 0 N–H and O–H groups in total. The molecule has 13 heavy (non-hydrogen) atoms. The summed E-state index contributed by atoms with van der Waals surface area (Å²) in [6.07, 6.45) is 9.06. The molecular weight excluding hydrogens is 162 g/mol. The van der Waals surface area contributed by atoms with Crippen molar-refractivity contribution in [3.05, 3.63) is 12.2 Å². The van der Waals surface area contributed by atoms with Gasteiger partial charge in [-0.05, 0) is 31.1 Å². The van der Waals surface area contributed by atoms with Crippen molar-refractivity contribution in [3.63, 3.8) is 0 Å². The second-order valence-electron chi connectivity index (χ2n) is 4.54. The highest BCUT2D eigenvalue weighted by molar-refractivity contribution is 5.78. The van der Waals surface area contributed by atoms with E-state index in [2.05, 4.69) is 17.1 Å². The minimum Gasteiger partial charge on any atom is -0.339 e. The Morgan fingerprint density at radius 2 is 2.23 bits per heavy atom. The van der Waals surface area contributed by atoms with Crippen LogP contribution in [0, 0.1) is 11.8 Å². The summed E-state index contributed by atoms with van der Waals surface area (Å²) in [7, 11) is 0. The van der Waals surface area contributed by atoms with Crippen LogP contribution >= 0.6 is 0 Å². The molecule has 3 atom stereocenters. The van der Waals surface area contributed by atoms with E-state index in [1.165, 1.54) is 12.8 Å². The third kappa shape index (κ3) is 1.04. The smallest absolute Gasteiger partial charge is 0.222 e. The predicted octanol–water partition coefficient (Wildman–Crippen LogP) is 1.57. The van der Waals surface area contributed by atoms with Crippen LogP contribution in [0.15, 0.2) is 12.2 Å². The zero-order chi connectivity index (χ0) is 8.84. The number of hydrogen-bond acceptors (Lipinski definition) is 1. The molecule has 1 saturated carbocycles. The van der Waals surface area contributed by atoms with Crippen LogP contribution < -0.4 is 0 Å². The van der Waals surface area contributed by atoms with Crippen molar-refractivity contribution >= 4 is 5.91 Å². The molecule has 1 saturated heterocycles. The fourth-order valence-corrected chi connectivity index (χ4v) is 3.13. The molecule has 0 aromatic heterocycles. The number of likely N-dealkylation sites (tertiary alicyclic amines) is 1.